The lowest BCUT2D eigenvalue weighted by atomic mass is 10.1. The maximum atomic E-state index is 6.51. The molecule has 1 aliphatic heterocycles. The van der Waals surface area contributed by atoms with Gasteiger partial charge in [0.05, 0.1) is 26.3 Å². The molecule has 0 bridgehead atoms. The molecule has 0 aromatic carbocycles. The van der Waals surface area contributed by atoms with Crippen molar-refractivity contribution < 1.29 is 14.0 Å². The highest BCUT2D eigenvalue weighted by molar-refractivity contribution is 4.82. The number of allylic oxidation sites excluding steroid dienone is 4. The molecule has 0 saturated carbocycles. The Hall–Kier alpha value is -0.680. The van der Waals surface area contributed by atoms with Crippen LogP contribution in [0, 0.1) is 0 Å². The molecule has 48 heavy (non-hydrogen) atoms. The topological polar surface area (TPSA) is 30.5 Å². The van der Waals surface area contributed by atoms with Crippen LogP contribution in [-0.2, 0) is 9.47 Å². The second-order valence-electron chi connectivity index (χ2n) is 15.1. The maximum Gasteiger partial charge on any atom is 0.192 e. The number of nitrogens with one attached hydrogen (secondary N) is 1. The van der Waals surface area contributed by atoms with Crippen molar-refractivity contribution in [2.75, 3.05) is 39.4 Å². The molecule has 1 heterocycles. The van der Waals surface area contributed by atoms with E-state index in [1.165, 1.54) is 180 Å². The fourth-order valence-electron chi connectivity index (χ4n) is 7.34. The summed E-state index contributed by atoms with van der Waals surface area (Å²) in [5, 5.41) is 3.57. The molecule has 1 fully saturated rings. The molecule has 4 heteroatoms. The van der Waals surface area contributed by atoms with E-state index < -0.39 is 0 Å². The summed E-state index contributed by atoms with van der Waals surface area (Å²) in [6.45, 7) is 15.3. The Kier molecular flexibility index (Phi) is 32.8. The third-order valence-electron chi connectivity index (χ3n) is 10.9. The largest absolute Gasteiger partial charge is 0.329 e. The van der Waals surface area contributed by atoms with Crippen molar-refractivity contribution in [2.24, 2.45) is 0 Å². The molecule has 0 aliphatic carbocycles. The first kappa shape index (κ1) is 45.3. The number of quaternary nitrogens is 1. The quantitative estimate of drug-likeness (QED) is 0.0407. The Morgan fingerprint density at radius 1 is 0.438 bits per heavy atom. The van der Waals surface area contributed by atoms with Crippen molar-refractivity contribution in [3.05, 3.63) is 24.3 Å². The van der Waals surface area contributed by atoms with Crippen molar-refractivity contribution in [1.82, 2.24) is 5.32 Å². The molecule has 0 spiro atoms. The smallest absolute Gasteiger partial charge is 0.192 e. The predicted molar refractivity (Wildman–Crippen MR) is 213 cm³/mol. The van der Waals surface area contributed by atoms with Gasteiger partial charge in [-0.05, 0) is 64.2 Å². The van der Waals surface area contributed by atoms with E-state index in [0.717, 1.165) is 43.9 Å². The number of ether oxygens (including phenoxy) is 2. The van der Waals surface area contributed by atoms with E-state index in [1.807, 2.05) is 0 Å². The SMILES string of the molecule is CCCCCCCC/C=C\CCCCCCCCOC(C)[N+]1(C(C)OCCCCCCCC/C=C\CCCCCCCC)CCNCC1. The molecule has 0 amide bonds. The molecule has 1 saturated heterocycles. The van der Waals surface area contributed by atoms with Crippen LogP contribution < -0.4 is 5.32 Å². The van der Waals surface area contributed by atoms with E-state index >= 15 is 0 Å². The van der Waals surface area contributed by atoms with E-state index in [-0.39, 0.29) is 12.5 Å². The van der Waals surface area contributed by atoms with Crippen LogP contribution in [0.15, 0.2) is 24.3 Å². The van der Waals surface area contributed by atoms with Gasteiger partial charge in [-0.25, -0.2) is 0 Å². The minimum atomic E-state index is 0.199. The Balaban J connectivity index is 2.05. The molecule has 1 aliphatic rings. The van der Waals surface area contributed by atoms with Crippen molar-refractivity contribution in [3.63, 3.8) is 0 Å². The number of nitrogens with zero attached hydrogens (tertiary/aromatic N) is 1. The fourth-order valence-corrected chi connectivity index (χ4v) is 7.34. The minimum absolute atomic E-state index is 0.199. The van der Waals surface area contributed by atoms with Crippen molar-refractivity contribution in [1.29, 1.82) is 0 Å². The summed E-state index contributed by atoms with van der Waals surface area (Å²) in [7, 11) is 0. The summed E-state index contributed by atoms with van der Waals surface area (Å²) in [5.74, 6) is 0. The van der Waals surface area contributed by atoms with Gasteiger partial charge in [0.25, 0.3) is 0 Å². The van der Waals surface area contributed by atoms with Gasteiger partial charge < -0.3 is 14.8 Å². The molecule has 2 atom stereocenters. The molecule has 1 N–H and O–H groups in total. The van der Waals surface area contributed by atoms with Gasteiger partial charge in [-0.15, -0.1) is 0 Å². The highest BCUT2D eigenvalue weighted by atomic mass is 16.5. The fraction of sp³-hybridized carbons (Fsp3) is 0.909. The predicted octanol–water partition coefficient (Wildman–Crippen LogP) is 13.2. The molecule has 4 nitrogen and oxygen atoms in total. The lowest BCUT2D eigenvalue weighted by molar-refractivity contribution is -1.01. The summed E-state index contributed by atoms with van der Waals surface area (Å²) in [6.07, 6.45) is 47.8. The highest BCUT2D eigenvalue weighted by Crippen LogP contribution is 2.24. The van der Waals surface area contributed by atoms with Crippen LogP contribution in [0.3, 0.4) is 0 Å². The van der Waals surface area contributed by atoms with E-state index in [1.54, 1.807) is 0 Å². The van der Waals surface area contributed by atoms with Gasteiger partial charge in [-0.1, -0.05) is 154 Å². The van der Waals surface area contributed by atoms with Gasteiger partial charge in [0.2, 0.25) is 0 Å². The minimum Gasteiger partial charge on any atom is -0.329 e. The number of hydrogen-bond donors (Lipinski definition) is 1. The molecule has 1 rings (SSSR count). The van der Waals surface area contributed by atoms with Crippen LogP contribution >= 0.6 is 0 Å². The Labute approximate surface area is 302 Å². The lowest BCUT2D eigenvalue weighted by Crippen LogP contribution is -2.67. The zero-order valence-corrected chi connectivity index (χ0v) is 33.3. The van der Waals surface area contributed by atoms with Gasteiger partial charge in [0, 0.05) is 26.9 Å². The highest BCUT2D eigenvalue weighted by Gasteiger charge is 2.41. The van der Waals surface area contributed by atoms with E-state index in [0.29, 0.717) is 0 Å². The third-order valence-corrected chi connectivity index (χ3v) is 10.9. The number of piperazine rings is 1. The first-order valence-electron chi connectivity index (χ1n) is 21.8. The lowest BCUT2D eigenvalue weighted by Gasteiger charge is -2.48. The van der Waals surface area contributed by atoms with Crippen LogP contribution in [0.5, 0.6) is 0 Å². The molecule has 2 unspecified atom stereocenters. The number of unbranched alkanes of at least 4 members (excludes halogenated alkanes) is 24. The molecule has 0 aromatic rings. The van der Waals surface area contributed by atoms with Crippen molar-refractivity contribution >= 4 is 0 Å². The van der Waals surface area contributed by atoms with E-state index in [9.17, 15) is 0 Å². The standard InChI is InChI=1S/C44H87N2O2/c1-5-7-9-11-13-15-17-19-21-23-25-27-29-31-33-35-41-47-43(3)46(39-37-45-38-40-46)44(4)48-42-36-34-32-30-28-26-24-22-20-18-16-14-12-10-8-6-2/h19-22,43-45H,5-18,23-42H2,1-4H3/q+1/b21-19-,22-20-. The van der Waals surface area contributed by atoms with Crippen LogP contribution in [-0.4, -0.2) is 56.3 Å². The average molecular weight is 676 g/mol. The average Bonchev–Trinajstić information content (AvgIpc) is 3.11. The van der Waals surface area contributed by atoms with Crippen LogP contribution in [0.25, 0.3) is 0 Å². The van der Waals surface area contributed by atoms with Crippen molar-refractivity contribution in [2.45, 2.75) is 220 Å². The Morgan fingerprint density at radius 2 is 0.729 bits per heavy atom. The monoisotopic (exact) mass is 676 g/mol. The summed E-state index contributed by atoms with van der Waals surface area (Å²) in [4.78, 5) is 0. The van der Waals surface area contributed by atoms with Crippen LogP contribution in [0.4, 0.5) is 0 Å². The van der Waals surface area contributed by atoms with Gasteiger partial charge in [-0.3, -0.25) is 4.48 Å². The second-order valence-corrected chi connectivity index (χ2v) is 15.1. The molecule has 284 valence electrons. The van der Waals surface area contributed by atoms with Gasteiger partial charge in [0.15, 0.2) is 12.5 Å². The second kappa shape index (κ2) is 34.8. The summed E-state index contributed by atoms with van der Waals surface area (Å²) in [6, 6.07) is 0. The zero-order valence-electron chi connectivity index (χ0n) is 33.3. The first-order chi connectivity index (χ1) is 23.7. The molecular weight excluding hydrogens is 588 g/mol. The molecule has 0 radical (unpaired) electrons. The number of hydrogen-bond acceptors (Lipinski definition) is 3. The summed E-state index contributed by atoms with van der Waals surface area (Å²) >= 11 is 0. The summed E-state index contributed by atoms with van der Waals surface area (Å²) < 4.78 is 14.0. The van der Waals surface area contributed by atoms with Gasteiger partial charge in [0.1, 0.15) is 0 Å². The van der Waals surface area contributed by atoms with E-state index in [4.69, 9.17) is 9.47 Å². The van der Waals surface area contributed by atoms with Gasteiger partial charge in [-0.2, -0.15) is 0 Å². The van der Waals surface area contributed by atoms with Crippen molar-refractivity contribution in [3.8, 4) is 0 Å². The molecule has 0 aromatic heterocycles. The van der Waals surface area contributed by atoms with E-state index in [2.05, 4.69) is 57.3 Å². The number of rotatable bonds is 36. The Bertz CT molecular complexity index is 650. The van der Waals surface area contributed by atoms with Crippen LogP contribution in [0.1, 0.15) is 207 Å². The summed E-state index contributed by atoms with van der Waals surface area (Å²) in [5.41, 5.74) is 0. The third kappa shape index (κ3) is 25.3. The normalized spacial score (nSPS) is 16.3. The maximum absolute atomic E-state index is 6.51. The molecular formula is C44H87N2O2+. The zero-order chi connectivity index (χ0) is 34.6. The first-order valence-corrected chi connectivity index (χ1v) is 21.8. The Morgan fingerprint density at radius 3 is 1.06 bits per heavy atom. The van der Waals surface area contributed by atoms with Crippen LogP contribution in [0.2, 0.25) is 0 Å². The van der Waals surface area contributed by atoms with Gasteiger partial charge >= 0.3 is 0 Å².